The maximum Gasteiger partial charge on any atom is 0.243 e. The van der Waals surface area contributed by atoms with Crippen LogP contribution >= 0.6 is 11.6 Å². The van der Waals surface area contributed by atoms with Crippen LogP contribution in [0.2, 0.25) is 0 Å². The largest absolute Gasteiger partial charge is 0.383 e. The minimum Gasteiger partial charge on any atom is -0.383 e. The van der Waals surface area contributed by atoms with Gasteiger partial charge in [-0.25, -0.2) is 8.42 Å². The monoisotopic (exact) mass is 317 g/mol. The van der Waals surface area contributed by atoms with Gasteiger partial charge in [-0.05, 0) is 37.0 Å². The third-order valence-electron chi connectivity index (χ3n) is 3.38. The Labute approximate surface area is 125 Å². The molecule has 1 aromatic rings. The molecule has 1 aliphatic rings. The lowest BCUT2D eigenvalue weighted by Gasteiger charge is -2.21. The summed E-state index contributed by atoms with van der Waals surface area (Å²) in [5, 5.41) is 0. The van der Waals surface area contributed by atoms with Crippen LogP contribution in [0, 0.1) is 0 Å². The van der Waals surface area contributed by atoms with E-state index in [9.17, 15) is 8.42 Å². The molecule has 0 aliphatic heterocycles. The molecule has 1 aromatic carbocycles. The average molecular weight is 318 g/mol. The second-order valence-electron chi connectivity index (χ2n) is 4.92. The summed E-state index contributed by atoms with van der Waals surface area (Å²) in [6.45, 7) is 0.826. The first-order chi connectivity index (χ1) is 9.59. The molecule has 20 heavy (non-hydrogen) atoms. The molecule has 0 N–H and O–H groups in total. The highest BCUT2D eigenvalue weighted by atomic mass is 35.5. The van der Waals surface area contributed by atoms with E-state index in [1.54, 1.807) is 23.5 Å². The minimum atomic E-state index is -3.42. The van der Waals surface area contributed by atoms with Gasteiger partial charge in [0, 0.05) is 25.6 Å². The standard InChI is InChI=1S/C14H20ClNO3S/c1-19-11-10-16(13-4-5-13)20(17,18)14-6-2-12(3-7-14)8-9-15/h2-3,6-7,13H,4-5,8-11H2,1H3. The Bertz CT molecular complexity index is 526. The van der Waals surface area contributed by atoms with Gasteiger partial charge in [0.05, 0.1) is 11.5 Å². The Morgan fingerprint density at radius 3 is 2.45 bits per heavy atom. The predicted molar refractivity (Wildman–Crippen MR) is 79.7 cm³/mol. The summed E-state index contributed by atoms with van der Waals surface area (Å²) < 4.78 is 31.8. The molecule has 1 saturated carbocycles. The lowest BCUT2D eigenvalue weighted by molar-refractivity contribution is 0.177. The van der Waals surface area contributed by atoms with Gasteiger partial charge in [-0.15, -0.1) is 11.6 Å². The van der Waals surface area contributed by atoms with E-state index in [0.717, 1.165) is 24.8 Å². The number of benzene rings is 1. The second kappa shape index (κ2) is 6.89. The summed E-state index contributed by atoms with van der Waals surface area (Å²) in [6.07, 6.45) is 2.62. The Kier molecular flexibility index (Phi) is 5.43. The highest BCUT2D eigenvalue weighted by Gasteiger charge is 2.37. The normalized spacial score (nSPS) is 15.8. The number of rotatable bonds is 8. The highest BCUT2D eigenvalue weighted by Crippen LogP contribution is 2.31. The summed E-state index contributed by atoms with van der Waals surface area (Å²) in [6, 6.07) is 7.13. The zero-order valence-electron chi connectivity index (χ0n) is 11.6. The van der Waals surface area contributed by atoms with E-state index in [-0.39, 0.29) is 6.04 Å². The number of methoxy groups -OCH3 is 1. The Morgan fingerprint density at radius 1 is 1.30 bits per heavy atom. The van der Waals surface area contributed by atoms with Crippen LogP contribution in [0.15, 0.2) is 29.2 Å². The predicted octanol–water partition coefficient (Wildman–Crippen LogP) is 2.27. The van der Waals surface area contributed by atoms with Crippen LogP contribution in [-0.4, -0.2) is 44.9 Å². The molecular weight excluding hydrogens is 298 g/mol. The van der Waals surface area contributed by atoms with Crippen LogP contribution in [-0.2, 0) is 21.2 Å². The first-order valence-corrected chi connectivity index (χ1v) is 8.72. The Hall–Kier alpha value is -0.620. The smallest absolute Gasteiger partial charge is 0.243 e. The fourth-order valence-electron chi connectivity index (χ4n) is 2.12. The lowest BCUT2D eigenvalue weighted by atomic mass is 10.2. The van der Waals surface area contributed by atoms with E-state index in [1.165, 1.54) is 0 Å². The van der Waals surface area contributed by atoms with Gasteiger partial charge in [-0.1, -0.05) is 12.1 Å². The lowest BCUT2D eigenvalue weighted by Crippen LogP contribution is -2.35. The number of hydrogen-bond donors (Lipinski definition) is 0. The van der Waals surface area contributed by atoms with Crippen LogP contribution in [0.3, 0.4) is 0 Å². The van der Waals surface area contributed by atoms with Gasteiger partial charge in [-0.2, -0.15) is 4.31 Å². The number of hydrogen-bond acceptors (Lipinski definition) is 3. The molecule has 0 unspecified atom stereocenters. The molecule has 4 nitrogen and oxygen atoms in total. The molecule has 0 spiro atoms. The Balaban J connectivity index is 2.18. The molecule has 0 heterocycles. The van der Waals surface area contributed by atoms with Crippen LogP contribution in [0.5, 0.6) is 0 Å². The molecule has 0 atom stereocenters. The molecule has 0 bridgehead atoms. The summed E-state index contributed by atoms with van der Waals surface area (Å²) >= 11 is 5.68. The first-order valence-electron chi connectivity index (χ1n) is 6.75. The van der Waals surface area contributed by atoms with Gasteiger partial charge in [-0.3, -0.25) is 0 Å². The van der Waals surface area contributed by atoms with Crippen molar-refractivity contribution in [1.82, 2.24) is 4.31 Å². The zero-order valence-corrected chi connectivity index (χ0v) is 13.2. The molecule has 1 fully saturated rings. The van der Waals surface area contributed by atoms with Gasteiger partial charge in [0.15, 0.2) is 0 Å². The molecule has 0 saturated heterocycles. The SMILES string of the molecule is COCCN(C1CC1)S(=O)(=O)c1ccc(CCCl)cc1. The summed E-state index contributed by atoms with van der Waals surface area (Å²) in [5.74, 6) is 0.536. The van der Waals surface area contributed by atoms with E-state index in [1.807, 2.05) is 12.1 Å². The number of halogens is 1. The van der Waals surface area contributed by atoms with Gasteiger partial charge >= 0.3 is 0 Å². The van der Waals surface area contributed by atoms with Crippen molar-refractivity contribution in [3.05, 3.63) is 29.8 Å². The van der Waals surface area contributed by atoms with E-state index in [0.29, 0.717) is 23.9 Å². The van der Waals surface area contributed by atoms with Gasteiger partial charge in [0.1, 0.15) is 0 Å². The van der Waals surface area contributed by atoms with Gasteiger partial charge in [0.25, 0.3) is 0 Å². The Morgan fingerprint density at radius 2 is 1.95 bits per heavy atom. The van der Waals surface area contributed by atoms with E-state index in [4.69, 9.17) is 16.3 Å². The quantitative estimate of drug-likeness (QED) is 0.691. The topological polar surface area (TPSA) is 46.6 Å². The maximum atomic E-state index is 12.6. The molecule has 0 aromatic heterocycles. The molecular formula is C14H20ClNO3S. The van der Waals surface area contributed by atoms with Crippen molar-refractivity contribution in [2.75, 3.05) is 26.1 Å². The molecule has 0 amide bonds. The molecule has 1 aliphatic carbocycles. The van der Waals surface area contributed by atoms with Crippen molar-refractivity contribution in [2.45, 2.75) is 30.2 Å². The summed E-state index contributed by atoms with van der Waals surface area (Å²) in [7, 11) is -1.84. The van der Waals surface area contributed by atoms with Crippen molar-refractivity contribution < 1.29 is 13.2 Å². The number of nitrogens with zero attached hydrogens (tertiary/aromatic N) is 1. The van der Waals surface area contributed by atoms with Gasteiger partial charge < -0.3 is 4.74 Å². The fraction of sp³-hybridized carbons (Fsp3) is 0.571. The first kappa shape index (κ1) is 15.8. The summed E-state index contributed by atoms with van der Waals surface area (Å²) in [5.41, 5.74) is 1.05. The van der Waals surface area contributed by atoms with Crippen LogP contribution in [0.4, 0.5) is 0 Å². The molecule has 112 valence electrons. The van der Waals surface area contributed by atoms with Crippen molar-refractivity contribution >= 4 is 21.6 Å². The summed E-state index contributed by atoms with van der Waals surface area (Å²) in [4.78, 5) is 0.346. The number of aryl methyl sites for hydroxylation is 1. The average Bonchev–Trinajstić information content (AvgIpc) is 3.24. The second-order valence-corrected chi connectivity index (χ2v) is 7.19. The van der Waals surface area contributed by atoms with E-state index in [2.05, 4.69) is 0 Å². The number of sulfonamides is 1. The van der Waals surface area contributed by atoms with Gasteiger partial charge in [0.2, 0.25) is 10.0 Å². The van der Waals surface area contributed by atoms with Crippen molar-refractivity contribution in [2.24, 2.45) is 0 Å². The number of ether oxygens (including phenoxy) is 1. The molecule has 0 radical (unpaired) electrons. The van der Waals surface area contributed by atoms with E-state index < -0.39 is 10.0 Å². The van der Waals surface area contributed by atoms with Crippen LogP contribution in [0.25, 0.3) is 0 Å². The third kappa shape index (κ3) is 3.73. The zero-order chi connectivity index (χ0) is 14.6. The van der Waals surface area contributed by atoms with E-state index >= 15 is 0 Å². The third-order valence-corrected chi connectivity index (χ3v) is 5.54. The maximum absolute atomic E-state index is 12.6. The number of alkyl halides is 1. The minimum absolute atomic E-state index is 0.137. The molecule has 2 rings (SSSR count). The van der Waals surface area contributed by atoms with Crippen LogP contribution < -0.4 is 0 Å². The highest BCUT2D eigenvalue weighted by molar-refractivity contribution is 7.89. The fourth-order valence-corrected chi connectivity index (χ4v) is 4.00. The van der Waals surface area contributed by atoms with Crippen molar-refractivity contribution in [3.8, 4) is 0 Å². The van der Waals surface area contributed by atoms with Crippen molar-refractivity contribution in [3.63, 3.8) is 0 Å². The van der Waals surface area contributed by atoms with Crippen molar-refractivity contribution in [1.29, 1.82) is 0 Å². The molecule has 6 heteroatoms. The van der Waals surface area contributed by atoms with Crippen LogP contribution in [0.1, 0.15) is 18.4 Å².